The van der Waals surface area contributed by atoms with Gasteiger partial charge in [-0.3, -0.25) is 4.79 Å². The number of carbonyl (C=O) groups is 1. The van der Waals surface area contributed by atoms with Crippen LogP contribution in [0.25, 0.3) is 0 Å². The summed E-state index contributed by atoms with van der Waals surface area (Å²) in [4.78, 5) is 11.5. The summed E-state index contributed by atoms with van der Waals surface area (Å²) in [6.45, 7) is 17.3. The van der Waals surface area contributed by atoms with Crippen molar-refractivity contribution in [1.82, 2.24) is 0 Å². The number of carbonyl (C=O) groups excluding carboxylic acids is 1. The van der Waals surface area contributed by atoms with Crippen molar-refractivity contribution in [2.24, 2.45) is 40.4 Å². The van der Waals surface area contributed by atoms with E-state index >= 15 is 0 Å². The molecule has 2 heteroatoms. The minimum absolute atomic E-state index is 0.0306. The molecule has 0 aliphatic heterocycles. The fraction of sp³-hybridized carbons (Fsp3) is 0.967. The maximum atomic E-state index is 11.5. The highest BCUT2D eigenvalue weighted by atomic mass is 16.5. The lowest BCUT2D eigenvalue weighted by molar-refractivity contribution is -0.140. The van der Waals surface area contributed by atoms with Crippen LogP contribution in [0, 0.1) is 40.4 Å². The van der Waals surface area contributed by atoms with Crippen LogP contribution < -0.4 is 0 Å². The SMILES string of the molecule is CC.CC.CC.COC(=O)CCCC1CCC2C3CCC4CCCCC4(C)C3CCC12C. The Hall–Kier alpha value is -0.530. The number of rotatable bonds is 4. The largest absolute Gasteiger partial charge is 0.469 e. The summed E-state index contributed by atoms with van der Waals surface area (Å²) in [6, 6.07) is 0. The Balaban J connectivity index is 0.000000789. The molecule has 0 spiro atoms. The van der Waals surface area contributed by atoms with Gasteiger partial charge in [0.1, 0.15) is 0 Å². The van der Waals surface area contributed by atoms with Gasteiger partial charge in [0.15, 0.2) is 0 Å². The second-order valence-electron chi connectivity index (χ2n) is 10.7. The topological polar surface area (TPSA) is 26.3 Å². The summed E-state index contributed by atoms with van der Waals surface area (Å²) in [6.07, 6.45) is 17.7. The normalized spacial score (nSPS) is 39.2. The molecule has 0 saturated heterocycles. The lowest BCUT2D eigenvalue weighted by Crippen LogP contribution is -2.52. The molecule has 0 N–H and O–H groups in total. The molecule has 4 aliphatic carbocycles. The number of fused-ring (bicyclic) bond motifs is 5. The molecule has 7 unspecified atom stereocenters. The van der Waals surface area contributed by atoms with Gasteiger partial charge in [-0.05, 0) is 105 Å². The number of methoxy groups -OCH3 is 1. The van der Waals surface area contributed by atoms with Gasteiger partial charge in [0, 0.05) is 6.42 Å². The number of ether oxygens (including phenoxy) is 1. The third-order valence-electron chi connectivity index (χ3n) is 9.94. The van der Waals surface area contributed by atoms with E-state index in [9.17, 15) is 4.79 Å². The molecule has 190 valence electrons. The zero-order chi connectivity index (χ0) is 24.4. The van der Waals surface area contributed by atoms with Gasteiger partial charge >= 0.3 is 5.97 Å². The molecule has 0 heterocycles. The Kier molecular flexibility index (Phi) is 12.9. The summed E-state index contributed by atoms with van der Waals surface area (Å²) < 4.78 is 4.84. The number of hydrogen-bond donors (Lipinski definition) is 0. The van der Waals surface area contributed by atoms with E-state index in [1.54, 1.807) is 0 Å². The molecule has 32 heavy (non-hydrogen) atoms. The molecule has 4 aliphatic rings. The maximum Gasteiger partial charge on any atom is 0.305 e. The predicted molar refractivity (Wildman–Crippen MR) is 140 cm³/mol. The minimum atomic E-state index is -0.0306. The van der Waals surface area contributed by atoms with Crippen molar-refractivity contribution in [1.29, 1.82) is 0 Å². The van der Waals surface area contributed by atoms with E-state index in [0.717, 1.165) is 36.0 Å². The van der Waals surface area contributed by atoms with Crippen LogP contribution in [-0.2, 0) is 9.53 Å². The molecular formula is C30H58O2. The van der Waals surface area contributed by atoms with Gasteiger partial charge in [-0.15, -0.1) is 0 Å². The molecule has 0 aromatic heterocycles. The predicted octanol–water partition coefficient (Wildman–Crippen LogP) is 9.46. The third-order valence-corrected chi connectivity index (χ3v) is 9.94. The zero-order valence-corrected chi connectivity index (χ0v) is 23.4. The lowest BCUT2D eigenvalue weighted by atomic mass is 9.45. The van der Waals surface area contributed by atoms with Crippen molar-refractivity contribution in [3.8, 4) is 0 Å². The van der Waals surface area contributed by atoms with Gasteiger partial charge in [0.2, 0.25) is 0 Å². The van der Waals surface area contributed by atoms with Crippen molar-refractivity contribution in [2.45, 2.75) is 139 Å². The van der Waals surface area contributed by atoms with Crippen LogP contribution in [0.15, 0.2) is 0 Å². The number of hydrogen-bond acceptors (Lipinski definition) is 2. The lowest BCUT2D eigenvalue weighted by Gasteiger charge is -2.60. The second-order valence-corrected chi connectivity index (χ2v) is 10.7. The Morgan fingerprint density at radius 2 is 1.44 bits per heavy atom. The van der Waals surface area contributed by atoms with Gasteiger partial charge in [-0.2, -0.15) is 0 Å². The van der Waals surface area contributed by atoms with E-state index in [1.165, 1.54) is 77.7 Å². The molecule has 0 bridgehead atoms. The maximum absolute atomic E-state index is 11.5. The Bertz CT molecular complexity index is 529. The monoisotopic (exact) mass is 450 g/mol. The standard InChI is InChI=1S/C24H40O2.3C2H6/c1-23-15-5-4-7-17(23)10-12-19-20-13-11-18(8-6-9-22(25)26-3)24(20,2)16-14-21(19)23;3*1-2/h17-21H,4-16H2,1-3H3;3*1-2H3. The molecule has 2 nitrogen and oxygen atoms in total. The van der Waals surface area contributed by atoms with Crippen LogP contribution >= 0.6 is 0 Å². The summed E-state index contributed by atoms with van der Waals surface area (Å²) in [5, 5.41) is 0. The summed E-state index contributed by atoms with van der Waals surface area (Å²) in [5.41, 5.74) is 1.21. The van der Waals surface area contributed by atoms with Crippen LogP contribution in [0.3, 0.4) is 0 Å². The fourth-order valence-corrected chi connectivity index (χ4v) is 8.47. The van der Waals surface area contributed by atoms with Gasteiger partial charge in [0.25, 0.3) is 0 Å². The third kappa shape index (κ3) is 5.93. The molecule has 7 atom stereocenters. The smallest absolute Gasteiger partial charge is 0.305 e. The molecular weight excluding hydrogens is 392 g/mol. The van der Waals surface area contributed by atoms with E-state index in [4.69, 9.17) is 4.74 Å². The molecule has 4 saturated carbocycles. The van der Waals surface area contributed by atoms with Crippen LogP contribution in [-0.4, -0.2) is 13.1 Å². The van der Waals surface area contributed by atoms with Gasteiger partial charge < -0.3 is 4.74 Å². The van der Waals surface area contributed by atoms with Crippen LogP contribution in [0.1, 0.15) is 139 Å². The molecule has 4 fully saturated rings. The average molecular weight is 451 g/mol. The van der Waals surface area contributed by atoms with Crippen molar-refractivity contribution >= 4 is 5.97 Å². The molecule has 0 aromatic carbocycles. The van der Waals surface area contributed by atoms with E-state index < -0.39 is 0 Å². The Labute approximate surface area is 202 Å². The van der Waals surface area contributed by atoms with Crippen LogP contribution in [0.5, 0.6) is 0 Å². The summed E-state index contributed by atoms with van der Waals surface area (Å²) >= 11 is 0. The molecule has 0 aromatic rings. The molecule has 4 rings (SSSR count). The van der Waals surface area contributed by atoms with Crippen molar-refractivity contribution < 1.29 is 9.53 Å². The van der Waals surface area contributed by atoms with Gasteiger partial charge in [-0.1, -0.05) is 68.2 Å². The first-order valence-corrected chi connectivity index (χ1v) is 14.6. The highest BCUT2D eigenvalue weighted by Gasteiger charge is 2.59. The summed E-state index contributed by atoms with van der Waals surface area (Å²) in [5.74, 6) is 4.81. The summed E-state index contributed by atoms with van der Waals surface area (Å²) in [7, 11) is 1.51. The first-order valence-electron chi connectivity index (χ1n) is 14.6. The Morgan fingerprint density at radius 1 is 0.781 bits per heavy atom. The zero-order valence-electron chi connectivity index (χ0n) is 23.4. The highest BCUT2D eigenvalue weighted by Crippen LogP contribution is 2.67. The Morgan fingerprint density at radius 3 is 2.09 bits per heavy atom. The first kappa shape index (κ1) is 29.5. The molecule has 0 radical (unpaired) electrons. The minimum Gasteiger partial charge on any atom is -0.469 e. The van der Waals surface area contributed by atoms with E-state index in [1.807, 2.05) is 41.5 Å². The van der Waals surface area contributed by atoms with E-state index in [0.29, 0.717) is 17.3 Å². The second kappa shape index (κ2) is 14.0. The number of esters is 1. The van der Waals surface area contributed by atoms with Crippen molar-refractivity contribution in [2.75, 3.05) is 7.11 Å². The van der Waals surface area contributed by atoms with E-state index in [-0.39, 0.29) is 5.97 Å². The van der Waals surface area contributed by atoms with Crippen molar-refractivity contribution in [3.63, 3.8) is 0 Å². The van der Waals surface area contributed by atoms with Crippen LogP contribution in [0.4, 0.5) is 0 Å². The fourth-order valence-electron chi connectivity index (χ4n) is 8.47. The van der Waals surface area contributed by atoms with Crippen LogP contribution in [0.2, 0.25) is 0 Å². The first-order chi connectivity index (χ1) is 15.5. The van der Waals surface area contributed by atoms with E-state index in [2.05, 4.69) is 13.8 Å². The quantitative estimate of drug-likeness (QED) is 0.399. The average Bonchev–Trinajstić information content (AvgIpc) is 3.18. The van der Waals surface area contributed by atoms with Gasteiger partial charge in [-0.25, -0.2) is 0 Å². The highest BCUT2D eigenvalue weighted by molar-refractivity contribution is 5.68. The molecule has 0 amide bonds. The van der Waals surface area contributed by atoms with Crippen molar-refractivity contribution in [3.05, 3.63) is 0 Å². The van der Waals surface area contributed by atoms with Gasteiger partial charge in [0.05, 0.1) is 7.11 Å².